The Labute approximate surface area is 171 Å². The van der Waals surface area contributed by atoms with Crippen LogP contribution >= 0.6 is 11.3 Å². The Bertz CT molecular complexity index is 1040. The van der Waals surface area contributed by atoms with Crippen molar-refractivity contribution in [3.63, 3.8) is 0 Å². The second kappa shape index (κ2) is 8.47. The number of carbonyl (C=O) groups excluding carboxylic acids is 1. The Morgan fingerprint density at radius 3 is 2.93 bits per heavy atom. The van der Waals surface area contributed by atoms with Gasteiger partial charge in [0.15, 0.2) is 11.6 Å². The number of nitrogens with zero attached hydrogens (tertiary/aromatic N) is 1. The molecule has 3 aromatic rings. The molecule has 152 valence electrons. The van der Waals surface area contributed by atoms with E-state index >= 15 is 0 Å². The maximum absolute atomic E-state index is 13.7. The standard InChI is InChI=1S/C22H21F2NO3S/c1-14-17-4-2-3-5-20(17)29-21(14)11-22(26)25-8-9-27-16(12-25)13-28-19-10-15(23)6-7-18(19)24/h2-7,10,16H,8-9,11-13H2,1H3. The number of carbonyl (C=O) groups is 1. The quantitative estimate of drug-likeness (QED) is 0.620. The first-order valence-electron chi connectivity index (χ1n) is 9.45. The lowest BCUT2D eigenvalue weighted by Gasteiger charge is -2.33. The van der Waals surface area contributed by atoms with Crippen molar-refractivity contribution in [2.75, 3.05) is 26.3 Å². The number of amides is 1. The molecule has 2 heterocycles. The Morgan fingerprint density at radius 2 is 2.10 bits per heavy atom. The summed E-state index contributed by atoms with van der Waals surface area (Å²) >= 11 is 1.65. The van der Waals surface area contributed by atoms with Gasteiger partial charge in [-0.25, -0.2) is 8.78 Å². The van der Waals surface area contributed by atoms with Crippen molar-refractivity contribution in [1.29, 1.82) is 0 Å². The SMILES string of the molecule is Cc1c(CC(=O)N2CCOC(COc3cc(F)ccc3F)C2)sc2ccccc12. The molecule has 0 N–H and O–H groups in total. The van der Waals surface area contributed by atoms with E-state index in [2.05, 4.69) is 12.1 Å². The molecular formula is C22H21F2NO3S. The zero-order chi connectivity index (χ0) is 20.4. The van der Waals surface area contributed by atoms with E-state index in [-0.39, 0.29) is 24.4 Å². The normalized spacial score (nSPS) is 16.9. The van der Waals surface area contributed by atoms with E-state index in [0.717, 1.165) is 28.6 Å². The highest BCUT2D eigenvalue weighted by atomic mass is 32.1. The van der Waals surface area contributed by atoms with Gasteiger partial charge in [-0.15, -0.1) is 11.3 Å². The average Bonchev–Trinajstić information content (AvgIpc) is 3.04. The fourth-order valence-corrected chi connectivity index (χ4v) is 4.66. The summed E-state index contributed by atoms with van der Waals surface area (Å²) in [5.41, 5.74) is 1.15. The summed E-state index contributed by atoms with van der Waals surface area (Å²) < 4.78 is 39.2. The van der Waals surface area contributed by atoms with Crippen LogP contribution in [0.5, 0.6) is 5.75 Å². The molecule has 1 amide bonds. The van der Waals surface area contributed by atoms with Crippen molar-refractivity contribution in [3.05, 3.63) is 64.5 Å². The molecular weight excluding hydrogens is 396 g/mol. The van der Waals surface area contributed by atoms with Crippen LogP contribution in [0.25, 0.3) is 10.1 Å². The number of hydrogen-bond acceptors (Lipinski definition) is 4. The number of fused-ring (bicyclic) bond motifs is 1. The van der Waals surface area contributed by atoms with E-state index in [1.807, 2.05) is 19.1 Å². The Hall–Kier alpha value is -2.51. The lowest BCUT2D eigenvalue weighted by Crippen LogP contribution is -2.48. The number of morpholine rings is 1. The number of benzene rings is 2. The van der Waals surface area contributed by atoms with Crippen LogP contribution in [0.3, 0.4) is 0 Å². The third-order valence-electron chi connectivity index (χ3n) is 5.06. The molecule has 2 aromatic carbocycles. The number of halogens is 2. The zero-order valence-corrected chi connectivity index (χ0v) is 16.8. The molecule has 1 atom stereocenters. The Kier molecular flexibility index (Phi) is 5.78. The van der Waals surface area contributed by atoms with Gasteiger partial charge in [0.25, 0.3) is 0 Å². The van der Waals surface area contributed by atoms with Gasteiger partial charge in [-0.2, -0.15) is 0 Å². The largest absolute Gasteiger partial charge is 0.488 e. The first kappa shape index (κ1) is 19.8. The predicted octanol–water partition coefficient (Wildman–Crippen LogP) is 4.34. The number of aryl methyl sites for hydroxylation is 1. The molecule has 0 spiro atoms. The van der Waals surface area contributed by atoms with E-state index in [0.29, 0.717) is 26.1 Å². The molecule has 7 heteroatoms. The minimum absolute atomic E-state index is 0.0323. The second-order valence-corrected chi connectivity index (χ2v) is 8.18. The van der Waals surface area contributed by atoms with Crippen LogP contribution in [0.4, 0.5) is 8.78 Å². The summed E-state index contributed by atoms with van der Waals surface area (Å²) in [5, 5.41) is 1.19. The van der Waals surface area contributed by atoms with Crippen LogP contribution < -0.4 is 4.74 Å². The highest BCUT2D eigenvalue weighted by Gasteiger charge is 2.26. The van der Waals surface area contributed by atoms with Crippen LogP contribution in [0.2, 0.25) is 0 Å². The maximum atomic E-state index is 13.7. The van der Waals surface area contributed by atoms with Gasteiger partial charge >= 0.3 is 0 Å². The molecule has 0 saturated carbocycles. The summed E-state index contributed by atoms with van der Waals surface area (Å²) in [4.78, 5) is 15.7. The minimum atomic E-state index is -0.629. The predicted molar refractivity (Wildman–Crippen MR) is 108 cm³/mol. The molecule has 1 unspecified atom stereocenters. The van der Waals surface area contributed by atoms with E-state index < -0.39 is 11.6 Å². The van der Waals surface area contributed by atoms with Crippen molar-refractivity contribution < 1.29 is 23.0 Å². The van der Waals surface area contributed by atoms with Gasteiger partial charge in [-0.1, -0.05) is 18.2 Å². The summed E-state index contributed by atoms with van der Waals surface area (Å²) in [6, 6.07) is 11.2. The number of thiophene rings is 1. The molecule has 0 bridgehead atoms. The van der Waals surface area contributed by atoms with Gasteiger partial charge in [0.05, 0.1) is 19.6 Å². The molecule has 1 aromatic heterocycles. The van der Waals surface area contributed by atoms with Gasteiger partial charge < -0.3 is 14.4 Å². The summed E-state index contributed by atoms with van der Waals surface area (Å²) in [6.45, 7) is 3.35. The fourth-order valence-electron chi connectivity index (χ4n) is 3.46. The average molecular weight is 417 g/mol. The smallest absolute Gasteiger partial charge is 0.228 e. The minimum Gasteiger partial charge on any atom is -0.488 e. The molecule has 1 aliphatic rings. The molecule has 0 aliphatic carbocycles. The highest BCUT2D eigenvalue weighted by molar-refractivity contribution is 7.19. The molecule has 4 rings (SSSR count). The van der Waals surface area contributed by atoms with Crippen molar-refractivity contribution in [3.8, 4) is 5.75 Å². The number of rotatable bonds is 5. The first-order chi connectivity index (χ1) is 14.0. The van der Waals surface area contributed by atoms with Gasteiger partial charge in [0.1, 0.15) is 18.5 Å². The number of hydrogen-bond donors (Lipinski definition) is 0. The molecule has 1 saturated heterocycles. The van der Waals surface area contributed by atoms with E-state index in [9.17, 15) is 13.6 Å². The fraction of sp³-hybridized carbons (Fsp3) is 0.318. The van der Waals surface area contributed by atoms with Crippen molar-refractivity contribution in [1.82, 2.24) is 4.90 Å². The summed E-state index contributed by atoms with van der Waals surface area (Å²) in [6.07, 6.45) is -0.0454. The van der Waals surface area contributed by atoms with Gasteiger partial charge in [-0.05, 0) is 36.1 Å². The molecule has 4 nitrogen and oxygen atoms in total. The summed E-state index contributed by atoms with van der Waals surface area (Å²) in [7, 11) is 0. The monoisotopic (exact) mass is 417 g/mol. The maximum Gasteiger partial charge on any atom is 0.228 e. The van der Waals surface area contributed by atoms with E-state index in [1.165, 1.54) is 10.1 Å². The van der Waals surface area contributed by atoms with Crippen LogP contribution in [0.15, 0.2) is 42.5 Å². The van der Waals surface area contributed by atoms with Crippen molar-refractivity contribution >= 4 is 27.3 Å². The molecule has 0 radical (unpaired) electrons. The van der Waals surface area contributed by atoms with Gasteiger partial charge in [-0.3, -0.25) is 4.79 Å². The van der Waals surface area contributed by atoms with Crippen LogP contribution in [-0.4, -0.2) is 43.2 Å². The van der Waals surface area contributed by atoms with Crippen LogP contribution in [0.1, 0.15) is 10.4 Å². The third-order valence-corrected chi connectivity index (χ3v) is 6.34. The number of ether oxygens (including phenoxy) is 2. The zero-order valence-electron chi connectivity index (χ0n) is 16.0. The summed E-state index contributed by atoms with van der Waals surface area (Å²) in [5.74, 6) is -1.32. The lowest BCUT2D eigenvalue weighted by atomic mass is 10.1. The van der Waals surface area contributed by atoms with Crippen LogP contribution in [-0.2, 0) is 16.0 Å². The first-order valence-corrected chi connectivity index (χ1v) is 10.3. The van der Waals surface area contributed by atoms with Crippen LogP contribution in [0, 0.1) is 18.6 Å². The Balaban J connectivity index is 1.38. The van der Waals surface area contributed by atoms with Gasteiger partial charge in [0.2, 0.25) is 5.91 Å². The Morgan fingerprint density at radius 1 is 1.28 bits per heavy atom. The molecule has 1 fully saturated rings. The topological polar surface area (TPSA) is 38.8 Å². The van der Waals surface area contributed by atoms with Crippen molar-refractivity contribution in [2.24, 2.45) is 0 Å². The molecule has 29 heavy (non-hydrogen) atoms. The van der Waals surface area contributed by atoms with E-state index in [4.69, 9.17) is 9.47 Å². The lowest BCUT2D eigenvalue weighted by molar-refractivity contribution is -0.139. The van der Waals surface area contributed by atoms with Gasteiger partial charge in [0, 0.05) is 22.2 Å². The second-order valence-electron chi connectivity index (χ2n) is 7.04. The highest BCUT2D eigenvalue weighted by Crippen LogP contribution is 2.31. The molecule has 1 aliphatic heterocycles. The van der Waals surface area contributed by atoms with E-state index in [1.54, 1.807) is 16.2 Å². The van der Waals surface area contributed by atoms with Crippen molar-refractivity contribution in [2.45, 2.75) is 19.4 Å². The third kappa shape index (κ3) is 4.41.